The number of rotatable bonds is 9. The lowest BCUT2D eigenvalue weighted by Crippen LogP contribution is -2.16. The molecule has 0 saturated carbocycles. The predicted octanol–water partition coefficient (Wildman–Crippen LogP) is 2.94. The van der Waals surface area contributed by atoms with E-state index < -0.39 is 10.0 Å². The van der Waals surface area contributed by atoms with E-state index in [2.05, 4.69) is 30.0 Å². The molecule has 3 heterocycles. The number of aromatic amines is 1. The molecule has 3 aromatic heterocycles. The van der Waals surface area contributed by atoms with Gasteiger partial charge >= 0.3 is 6.01 Å². The van der Waals surface area contributed by atoms with Gasteiger partial charge in [0.25, 0.3) is 15.6 Å². The zero-order valence-electron chi connectivity index (χ0n) is 20.1. The van der Waals surface area contributed by atoms with Gasteiger partial charge in [-0.2, -0.15) is 9.97 Å². The van der Waals surface area contributed by atoms with Crippen LogP contribution in [0.1, 0.15) is 10.4 Å². The Morgan fingerprint density at radius 1 is 1.11 bits per heavy atom. The molecule has 1 amide bonds. The average Bonchev–Trinajstić information content (AvgIpc) is 3.15. The lowest BCUT2D eigenvalue weighted by atomic mass is 10.2. The molecule has 194 valence electrons. The third-order valence-electron chi connectivity index (χ3n) is 5.12. The zero-order chi connectivity index (χ0) is 26.7. The molecule has 15 heteroatoms. The van der Waals surface area contributed by atoms with E-state index in [0.29, 0.717) is 21.1 Å². The fourth-order valence-corrected chi connectivity index (χ4v) is 5.94. The van der Waals surface area contributed by atoms with Crippen LogP contribution in [0.5, 0.6) is 11.9 Å². The number of nitrogens with zero attached hydrogens (tertiary/aromatic N) is 3. The number of anilines is 2. The molecule has 12 nitrogen and oxygen atoms in total. The molecule has 0 aliphatic carbocycles. The summed E-state index contributed by atoms with van der Waals surface area (Å²) in [5.41, 5.74) is 1.07. The van der Waals surface area contributed by atoms with Gasteiger partial charge < -0.3 is 19.8 Å². The Labute approximate surface area is 219 Å². The first-order chi connectivity index (χ1) is 17.6. The van der Waals surface area contributed by atoms with Gasteiger partial charge in [0.2, 0.25) is 11.8 Å². The summed E-state index contributed by atoms with van der Waals surface area (Å²) >= 11 is 2.53. The highest BCUT2D eigenvalue weighted by atomic mass is 32.2. The number of benzene rings is 1. The second-order valence-corrected chi connectivity index (χ2v) is 11.4. The molecule has 0 spiro atoms. The highest BCUT2D eigenvalue weighted by Crippen LogP contribution is 2.27. The SMILES string of the molecule is COc1cc(NS(=O)(=O)c2ccc(NC(=O)CSc3nc4sc(C)c(C)c4c(=O)[nH]3)cc2)nc(OC)n1. The minimum absolute atomic E-state index is 0.00320. The van der Waals surface area contributed by atoms with Gasteiger partial charge in [0.05, 0.1) is 30.3 Å². The van der Waals surface area contributed by atoms with Crippen molar-refractivity contribution in [2.24, 2.45) is 0 Å². The maximum atomic E-state index is 12.8. The number of hydrogen-bond acceptors (Lipinski definition) is 11. The van der Waals surface area contributed by atoms with E-state index in [9.17, 15) is 18.0 Å². The number of H-pyrrole nitrogens is 1. The summed E-state index contributed by atoms with van der Waals surface area (Å²) in [6, 6.07) is 6.86. The maximum absolute atomic E-state index is 12.8. The standard InChI is InChI=1S/C22H22N6O6S3/c1-11-12(2)36-20-18(11)19(30)26-22(27-20)35-10-16(29)23-13-5-7-14(8-6-13)37(31,32)28-15-9-17(33-3)25-21(24-15)34-4/h5-9H,10H2,1-4H3,(H,23,29)(H,24,25,28)(H,26,27,30). The fourth-order valence-electron chi connectivity index (χ4n) is 3.20. The molecule has 0 radical (unpaired) electrons. The number of sulfonamides is 1. The van der Waals surface area contributed by atoms with Crippen LogP contribution >= 0.6 is 23.1 Å². The van der Waals surface area contributed by atoms with Gasteiger partial charge in [-0.1, -0.05) is 11.8 Å². The summed E-state index contributed by atoms with van der Waals surface area (Å²) in [6.45, 7) is 3.81. The molecule has 37 heavy (non-hydrogen) atoms. The normalized spacial score (nSPS) is 11.4. The van der Waals surface area contributed by atoms with Crippen molar-refractivity contribution in [3.63, 3.8) is 0 Å². The maximum Gasteiger partial charge on any atom is 0.321 e. The predicted molar refractivity (Wildman–Crippen MR) is 141 cm³/mol. The van der Waals surface area contributed by atoms with Crippen molar-refractivity contribution in [2.75, 3.05) is 30.0 Å². The number of fused-ring (bicyclic) bond motifs is 1. The number of carbonyl (C=O) groups excluding carboxylic acids is 1. The molecule has 1 aromatic carbocycles. The highest BCUT2D eigenvalue weighted by Gasteiger charge is 2.18. The number of aromatic nitrogens is 4. The molecule has 0 aliphatic rings. The topological polar surface area (TPSA) is 165 Å². The van der Waals surface area contributed by atoms with Crippen LogP contribution < -0.4 is 25.1 Å². The van der Waals surface area contributed by atoms with Crippen LogP contribution in [0.4, 0.5) is 11.5 Å². The van der Waals surface area contributed by atoms with Crippen LogP contribution in [0.3, 0.4) is 0 Å². The van der Waals surface area contributed by atoms with Gasteiger partial charge in [-0.05, 0) is 43.7 Å². The summed E-state index contributed by atoms with van der Waals surface area (Å²) in [6.07, 6.45) is 0. The zero-order valence-corrected chi connectivity index (χ0v) is 22.6. The molecule has 0 atom stereocenters. The number of hydrogen-bond donors (Lipinski definition) is 3. The van der Waals surface area contributed by atoms with E-state index >= 15 is 0 Å². The van der Waals surface area contributed by atoms with Gasteiger partial charge in [-0.25, -0.2) is 13.4 Å². The van der Waals surface area contributed by atoms with Crippen LogP contribution in [-0.4, -0.2) is 54.2 Å². The summed E-state index contributed by atoms with van der Waals surface area (Å²) < 4.78 is 37.8. The molecule has 0 fully saturated rings. The molecule has 0 unspecified atom stereocenters. The number of ether oxygens (including phenoxy) is 2. The number of nitrogens with one attached hydrogen (secondary N) is 3. The first-order valence-electron chi connectivity index (χ1n) is 10.6. The molecular weight excluding hydrogens is 540 g/mol. The Hall–Kier alpha value is -3.69. The minimum atomic E-state index is -3.99. The van der Waals surface area contributed by atoms with E-state index in [4.69, 9.17) is 9.47 Å². The van der Waals surface area contributed by atoms with E-state index in [1.165, 1.54) is 55.9 Å². The number of carbonyl (C=O) groups is 1. The third kappa shape index (κ3) is 6.00. The average molecular weight is 563 g/mol. The summed E-state index contributed by atoms with van der Waals surface area (Å²) in [7, 11) is -1.26. The van der Waals surface area contributed by atoms with Gasteiger partial charge in [0.15, 0.2) is 11.0 Å². The van der Waals surface area contributed by atoms with Gasteiger partial charge in [0, 0.05) is 16.6 Å². The first kappa shape index (κ1) is 26.4. The first-order valence-corrected chi connectivity index (χ1v) is 13.9. The van der Waals surface area contributed by atoms with Crippen molar-refractivity contribution in [3.8, 4) is 11.9 Å². The van der Waals surface area contributed by atoms with Gasteiger partial charge in [-0.3, -0.25) is 14.3 Å². The summed E-state index contributed by atoms with van der Waals surface area (Å²) in [5.74, 6) is -0.257. The molecule has 0 aliphatic heterocycles. The van der Waals surface area contributed by atoms with Gasteiger partial charge in [-0.15, -0.1) is 11.3 Å². The molecule has 4 aromatic rings. The lowest BCUT2D eigenvalue weighted by Gasteiger charge is -2.10. The van der Waals surface area contributed by atoms with Crippen LogP contribution in [0, 0.1) is 13.8 Å². The second-order valence-electron chi connectivity index (χ2n) is 7.58. The van der Waals surface area contributed by atoms with Gasteiger partial charge in [0.1, 0.15) is 4.83 Å². The van der Waals surface area contributed by atoms with E-state index in [-0.39, 0.29) is 39.8 Å². The third-order valence-corrected chi connectivity index (χ3v) is 8.46. The van der Waals surface area contributed by atoms with Crippen LogP contribution in [0.25, 0.3) is 10.2 Å². The van der Waals surface area contributed by atoms with Crippen molar-refractivity contribution < 1.29 is 22.7 Å². The monoisotopic (exact) mass is 562 g/mol. The Morgan fingerprint density at radius 3 is 2.51 bits per heavy atom. The Kier molecular flexibility index (Phi) is 7.65. The lowest BCUT2D eigenvalue weighted by molar-refractivity contribution is -0.113. The van der Waals surface area contributed by atoms with Crippen LogP contribution in [0.2, 0.25) is 0 Å². The second kappa shape index (κ2) is 10.7. The number of thioether (sulfide) groups is 1. The minimum Gasteiger partial charge on any atom is -0.481 e. The number of aryl methyl sites for hydroxylation is 2. The van der Waals surface area contributed by atoms with Crippen molar-refractivity contribution in [3.05, 3.63) is 51.1 Å². The Bertz CT molecular complexity index is 1610. The number of methoxy groups -OCH3 is 2. The van der Waals surface area contributed by atoms with Crippen LogP contribution in [0.15, 0.2) is 45.2 Å². The molecular formula is C22H22N6O6S3. The Morgan fingerprint density at radius 2 is 1.84 bits per heavy atom. The molecule has 3 N–H and O–H groups in total. The number of thiophene rings is 1. The molecule has 4 rings (SSSR count). The van der Waals surface area contributed by atoms with Crippen LogP contribution in [-0.2, 0) is 14.8 Å². The van der Waals surface area contributed by atoms with E-state index in [0.717, 1.165) is 22.2 Å². The quantitative estimate of drug-likeness (QED) is 0.204. The van der Waals surface area contributed by atoms with Crippen molar-refractivity contribution in [1.82, 2.24) is 19.9 Å². The number of amides is 1. The fraction of sp³-hybridized carbons (Fsp3) is 0.227. The van der Waals surface area contributed by atoms with E-state index in [1.807, 2.05) is 13.8 Å². The smallest absolute Gasteiger partial charge is 0.321 e. The highest BCUT2D eigenvalue weighted by molar-refractivity contribution is 7.99. The molecule has 0 bridgehead atoms. The van der Waals surface area contributed by atoms with E-state index in [1.54, 1.807) is 0 Å². The molecule has 0 saturated heterocycles. The van der Waals surface area contributed by atoms with Crippen molar-refractivity contribution >= 4 is 60.8 Å². The summed E-state index contributed by atoms with van der Waals surface area (Å²) in [5, 5.41) is 3.60. The largest absolute Gasteiger partial charge is 0.481 e. The summed E-state index contributed by atoms with van der Waals surface area (Å²) in [4.78, 5) is 41.4. The van der Waals surface area contributed by atoms with Crippen molar-refractivity contribution in [1.29, 1.82) is 0 Å². The Balaban J connectivity index is 1.39. The van der Waals surface area contributed by atoms with Crippen molar-refractivity contribution in [2.45, 2.75) is 23.9 Å².